The van der Waals surface area contributed by atoms with Crippen LogP contribution in [0.4, 0.5) is 0 Å². The lowest BCUT2D eigenvalue weighted by molar-refractivity contribution is 0.0864. The zero-order valence-electron chi connectivity index (χ0n) is 8.31. The largest absolute Gasteiger partial charge is 0.221 e. The van der Waals surface area contributed by atoms with Crippen LogP contribution in [-0.4, -0.2) is 22.6 Å². The molecule has 1 fully saturated rings. The van der Waals surface area contributed by atoms with Crippen molar-refractivity contribution in [2.75, 3.05) is 6.54 Å². The van der Waals surface area contributed by atoms with Gasteiger partial charge in [-0.1, -0.05) is 0 Å². The Bertz CT molecular complexity index is 144. The van der Waals surface area contributed by atoms with Gasteiger partial charge in [0.2, 0.25) is 0 Å². The van der Waals surface area contributed by atoms with Gasteiger partial charge in [-0.2, -0.15) is 5.43 Å². The van der Waals surface area contributed by atoms with Crippen LogP contribution in [0.3, 0.4) is 0 Å². The second-order valence-electron chi connectivity index (χ2n) is 4.96. The fourth-order valence-corrected chi connectivity index (χ4v) is 1.29. The molecule has 1 aliphatic heterocycles. The summed E-state index contributed by atoms with van der Waals surface area (Å²) in [5.74, 6) is 0. The third-order valence-corrected chi connectivity index (χ3v) is 2.10. The molecule has 0 saturated carbocycles. The second kappa shape index (κ2) is 2.46. The molecule has 0 spiro atoms. The highest BCUT2D eigenvalue weighted by Crippen LogP contribution is 2.25. The van der Waals surface area contributed by atoms with Gasteiger partial charge in [0.1, 0.15) is 0 Å². The van der Waals surface area contributed by atoms with E-state index < -0.39 is 0 Å². The number of nitrogens with zero attached hydrogens (tertiary/aromatic N) is 2. The van der Waals surface area contributed by atoms with Crippen LogP contribution in [0.2, 0.25) is 0 Å². The zero-order chi connectivity index (χ0) is 8.70. The molecule has 1 radical (unpaired) electrons. The van der Waals surface area contributed by atoms with Gasteiger partial charge in [0.15, 0.2) is 0 Å². The quantitative estimate of drug-likeness (QED) is 0.521. The van der Waals surface area contributed by atoms with Crippen LogP contribution in [-0.2, 0) is 0 Å². The highest BCUT2D eigenvalue weighted by molar-refractivity contribution is 4.88. The minimum atomic E-state index is 0.174. The first-order valence-electron chi connectivity index (χ1n) is 4.32. The molecular weight excluding hydrogens is 136 g/mol. The van der Waals surface area contributed by atoms with Gasteiger partial charge in [-0.15, -0.1) is 0 Å². The molecule has 0 atom stereocenters. The van der Waals surface area contributed by atoms with Crippen LogP contribution in [0.15, 0.2) is 0 Å². The van der Waals surface area contributed by atoms with Gasteiger partial charge in [0.25, 0.3) is 0 Å². The number of rotatable bonds is 0. The SMILES string of the molecule is CC1(C)CCN(C(C)(C)C)[N]1. The summed E-state index contributed by atoms with van der Waals surface area (Å²) in [4.78, 5) is 0. The van der Waals surface area contributed by atoms with Crippen molar-refractivity contribution >= 4 is 0 Å². The maximum atomic E-state index is 4.62. The summed E-state index contributed by atoms with van der Waals surface area (Å²) in [6.45, 7) is 12.1. The summed E-state index contributed by atoms with van der Waals surface area (Å²) in [6.07, 6.45) is 1.18. The number of hydrogen-bond donors (Lipinski definition) is 0. The Morgan fingerprint density at radius 3 is 2.00 bits per heavy atom. The van der Waals surface area contributed by atoms with Crippen LogP contribution >= 0.6 is 0 Å². The molecule has 1 heterocycles. The van der Waals surface area contributed by atoms with Crippen LogP contribution in [0, 0.1) is 0 Å². The third-order valence-electron chi connectivity index (χ3n) is 2.10. The molecule has 1 saturated heterocycles. The van der Waals surface area contributed by atoms with E-state index in [1.807, 2.05) is 0 Å². The van der Waals surface area contributed by atoms with E-state index in [4.69, 9.17) is 0 Å². The van der Waals surface area contributed by atoms with Crippen molar-refractivity contribution in [3.05, 3.63) is 0 Å². The molecule has 0 unspecified atom stereocenters. The van der Waals surface area contributed by atoms with Crippen LogP contribution in [0.1, 0.15) is 41.0 Å². The molecule has 2 nitrogen and oxygen atoms in total. The van der Waals surface area contributed by atoms with Crippen molar-refractivity contribution in [1.82, 2.24) is 10.4 Å². The summed E-state index contributed by atoms with van der Waals surface area (Å²) in [6, 6.07) is 0. The van der Waals surface area contributed by atoms with Crippen LogP contribution in [0.5, 0.6) is 0 Å². The summed E-state index contributed by atoms with van der Waals surface area (Å²) < 4.78 is 0. The predicted molar refractivity (Wildman–Crippen MR) is 47.3 cm³/mol. The van der Waals surface area contributed by atoms with E-state index >= 15 is 0 Å². The molecule has 0 aromatic heterocycles. The fraction of sp³-hybridized carbons (Fsp3) is 1.00. The Balaban J connectivity index is 2.55. The Morgan fingerprint density at radius 1 is 1.27 bits per heavy atom. The second-order valence-corrected chi connectivity index (χ2v) is 4.96. The maximum Gasteiger partial charge on any atom is 0.0485 e. The van der Waals surface area contributed by atoms with Gasteiger partial charge >= 0.3 is 0 Å². The van der Waals surface area contributed by atoms with Crippen molar-refractivity contribution < 1.29 is 0 Å². The van der Waals surface area contributed by atoms with Gasteiger partial charge in [0, 0.05) is 17.6 Å². The molecule has 0 N–H and O–H groups in total. The summed E-state index contributed by atoms with van der Waals surface area (Å²) in [5, 5.41) is 2.20. The number of hydrogen-bond acceptors (Lipinski definition) is 1. The molecule has 0 aromatic carbocycles. The van der Waals surface area contributed by atoms with E-state index in [0.29, 0.717) is 0 Å². The Hall–Kier alpha value is -0.0800. The first-order valence-corrected chi connectivity index (χ1v) is 4.32. The maximum absolute atomic E-state index is 4.62. The molecular formula is C9H19N2. The monoisotopic (exact) mass is 155 g/mol. The predicted octanol–water partition coefficient (Wildman–Crippen LogP) is 1.79. The smallest absolute Gasteiger partial charge is 0.0485 e. The molecule has 65 valence electrons. The minimum absolute atomic E-state index is 0.174. The molecule has 0 amide bonds. The standard InChI is InChI=1S/C9H19N2/c1-8(2,3)11-7-6-9(4,5)10-11/h6-7H2,1-5H3. The van der Waals surface area contributed by atoms with Gasteiger partial charge in [-0.05, 0) is 41.0 Å². The van der Waals surface area contributed by atoms with Crippen LogP contribution in [0.25, 0.3) is 0 Å². The highest BCUT2D eigenvalue weighted by atomic mass is 15.6. The van der Waals surface area contributed by atoms with Crippen molar-refractivity contribution in [1.29, 1.82) is 0 Å². The fourth-order valence-electron chi connectivity index (χ4n) is 1.29. The van der Waals surface area contributed by atoms with E-state index in [1.54, 1.807) is 0 Å². The van der Waals surface area contributed by atoms with Crippen molar-refractivity contribution in [2.45, 2.75) is 52.1 Å². The van der Waals surface area contributed by atoms with E-state index in [2.05, 4.69) is 45.1 Å². The van der Waals surface area contributed by atoms with E-state index in [1.165, 1.54) is 6.42 Å². The van der Waals surface area contributed by atoms with Crippen molar-refractivity contribution in [2.24, 2.45) is 0 Å². The minimum Gasteiger partial charge on any atom is -0.221 e. The van der Waals surface area contributed by atoms with E-state index in [-0.39, 0.29) is 11.1 Å². The van der Waals surface area contributed by atoms with Gasteiger partial charge in [-0.25, -0.2) is 5.01 Å². The van der Waals surface area contributed by atoms with Crippen molar-refractivity contribution in [3.8, 4) is 0 Å². The normalized spacial score (nSPS) is 25.9. The average molecular weight is 155 g/mol. The van der Waals surface area contributed by atoms with E-state index in [9.17, 15) is 0 Å². The van der Waals surface area contributed by atoms with Crippen LogP contribution < -0.4 is 5.43 Å². The van der Waals surface area contributed by atoms with Crippen molar-refractivity contribution in [3.63, 3.8) is 0 Å². The molecule has 1 aliphatic rings. The lowest BCUT2D eigenvalue weighted by atomic mass is 10.0. The Morgan fingerprint density at radius 2 is 1.82 bits per heavy atom. The average Bonchev–Trinajstić information content (AvgIpc) is 2.07. The first-order chi connectivity index (χ1) is 4.81. The topological polar surface area (TPSA) is 17.3 Å². The first kappa shape index (κ1) is 9.01. The van der Waals surface area contributed by atoms with Gasteiger partial charge in [-0.3, -0.25) is 0 Å². The lowest BCUT2D eigenvalue weighted by Gasteiger charge is -2.31. The zero-order valence-corrected chi connectivity index (χ0v) is 8.31. The summed E-state index contributed by atoms with van der Waals surface area (Å²) >= 11 is 0. The molecule has 1 rings (SSSR count). The highest BCUT2D eigenvalue weighted by Gasteiger charge is 2.35. The summed E-state index contributed by atoms with van der Waals surface area (Å²) in [7, 11) is 0. The lowest BCUT2D eigenvalue weighted by Crippen LogP contribution is -2.45. The molecule has 2 heteroatoms. The third kappa shape index (κ3) is 2.17. The molecule has 0 aliphatic carbocycles. The molecule has 11 heavy (non-hydrogen) atoms. The summed E-state index contributed by atoms with van der Waals surface area (Å²) in [5.41, 5.74) is 5.00. The Labute approximate surface area is 69.9 Å². The van der Waals surface area contributed by atoms with E-state index in [0.717, 1.165) is 6.54 Å². The Kier molecular flexibility index (Phi) is 2.01. The van der Waals surface area contributed by atoms with Gasteiger partial charge < -0.3 is 0 Å². The van der Waals surface area contributed by atoms with Gasteiger partial charge in [0.05, 0.1) is 0 Å². The molecule has 0 bridgehead atoms. The molecule has 0 aromatic rings.